The Bertz CT molecular complexity index is 715. The zero-order chi connectivity index (χ0) is 14.4. The lowest BCUT2D eigenvalue weighted by atomic mass is 10.2. The summed E-state index contributed by atoms with van der Waals surface area (Å²) in [7, 11) is 0. The second-order valence-corrected chi connectivity index (χ2v) is 4.09. The van der Waals surface area contributed by atoms with Crippen LogP contribution in [0, 0.1) is 11.3 Å². The molecule has 0 saturated carbocycles. The molecule has 0 unspecified atom stereocenters. The van der Waals surface area contributed by atoms with Gasteiger partial charge in [-0.2, -0.15) is 5.26 Å². The topological polar surface area (TPSA) is 87.8 Å². The predicted molar refractivity (Wildman–Crippen MR) is 72.9 cm³/mol. The zero-order valence-electron chi connectivity index (χ0n) is 10.6. The standard InChI is InChI=1S/C14H12N4O2/c15-10-11-3-1-4-12(9-11)17-13(19)5-8-18-7-2-6-16-14(18)20/h1-4,6-7,9H,5,8H2,(H,17,19). The fourth-order valence-corrected chi connectivity index (χ4v) is 1.67. The summed E-state index contributed by atoms with van der Waals surface area (Å²) in [5.74, 6) is -0.226. The van der Waals surface area contributed by atoms with Gasteiger partial charge in [0.1, 0.15) is 0 Å². The molecule has 1 amide bonds. The van der Waals surface area contributed by atoms with Crippen LogP contribution in [0.15, 0.2) is 47.5 Å². The minimum atomic E-state index is -0.383. The van der Waals surface area contributed by atoms with Crippen molar-refractivity contribution in [2.75, 3.05) is 5.32 Å². The number of hydrogen-bond donors (Lipinski definition) is 1. The number of carbonyl (C=O) groups excluding carboxylic acids is 1. The highest BCUT2D eigenvalue weighted by atomic mass is 16.2. The summed E-state index contributed by atoms with van der Waals surface area (Å²) in [5.41, 5.74) is 0.658. The highest BCUT2D eigenvalue weighted by molar-refractivity contribution is 5.90. The lowest BCUT2D eigenvalue weighted by Crippen LogP contribution is -2.24. The first-order valence-electron chi connectivity index (χ1n) is 6.00. The summed E-state index contributed by atoms with van der Waals surface area (Å²) in [6.45, 7) is 0.260. The van der Waals surface area contributed by atoms with E-state index in [0.717, 1.165) is 0 Å². The van der Waals surface area contributed by atoms with Gasteiger partial charge < -0.3 is 5.32 Å². The van der Waals surface area contributed by atoms with Crippen LogP contribution in [0.2, 0.25) is 0 Å². The third kappa shape index (κ3) is 3.53. The summed E-state index contributed by atoms with van der Waals surface area (Å²) in [6, 6.07) is 10.3. The minimum Gasteiger partial charge on any atom is -0.326 e. The van der Waals surface area contributed by atoms with Crippen molar-refractivity contribution in [2.24, 2.45) is 0 Å². The first-order valence-corrected chi connectivity index (χ1v) is 6.00. The van der Waals surface area contributed by atoms with Gasteiger partial charge in [0.25, 0.3) is 0 Å². The van der Waals surface area contributed by atoms with Gasteiger partial charge in [-0.05, 0) is 24.3 Å². The Morgan fingerprint density at radius 1 is 1.40 bits per heavy atom. The number of nitrogens with zero attached hydrogens (tertiary/aromatic N) is 3. The SMILES string of the molecule is N#Cc1cccc(NC(=O)CCn2cccnc2=O)c1. The van der Waals surface area contributed by atoms with E-state index in [1.54, 1.807) is 36.5 Å². The van der Waals surface area contributed by atoms with Crippen molar-refractivity contribution in [3.63, 3.8) is 0 Å². The number of nitrogens with one attached hydrogen (secondary N) is 1. The van der Waals surface area contributed by atoms with Crippen LogP contribution in [-0.2, 0) is 11.3 Å². The van der Waals surface area contributed by atoms with Crippen LogP contribution in [-0.4, -0.2) is 15.5 Å². The molecule has 2 aromatic rings. The molecule has 100 valence electrons. The molecule has 0 spiro atoms. The molecule has 6 nitrogen and oxygen atoms in total. The Kier molecular flexibility index (Phi) is 4.24. The second-order valence-electron chi connectivity index (χ2n) is 4.09. The summed E-state index contributed by atoms with van der Waals surface area (Å²) in [4.78, 5) is 26.7. The van der Waals surface area contributed by atoms with Crippen molar-refractivity contribution < 1.29 is 4.79 Å². The molecular formula is C14H12N4O2. The molecule has 0 aliphatic carbocycles. The Hall–Kier alpha value is -2.94. The summed E-state index contributed by atoms with van der Waals surface area (Å²) in [5, 5.41) is 11.5. The molecule has 6 heteroatoms. The fraction of sp³-hybridized carbons (Fsp3) is 0.143. The number of anilines is 1. The number of nitriles is 1. The van der Waals surface area contributed by atoms with Gasteiger partial charge in [0.15, 0.2) is 0 Å². The zero-order valence-corrected chi connectivity index (χ0v) is 10.6. The molecule has 0 fully saturated rings. The van der Waals surface area contributed by atoms with Gasteiger partial charge in [0.05, 0.1) is 11.6 Å². The number of amides is 1. The molecule has 0 aliphatic heterocycles. The monoisotopic (exact) mass is 268 g/mol. The molecule has 1 aromatic heterocycles. The van der Waals surface area contributed by atoms with E-state index < -0.39 is 0 Å². The van der Waals surface area contributed by atoms with Crippen molar-refractivity contribution in [1.29, 1.82) is 5.26 Å². The van der Waals surface area contributed by atoms with E-state index in [1.165, 1.54) is 10.8 Å². The van der Waals surface area contributed by atoms with Gasteiger partial charge in [0.2, 0.25) is 5.91 Å². The van der Waals surface area contributed by atoms with E-state index in [-0.39, 0.29) is 24.6 Å². The summed E-state index contributed by atoms with van der Waals surface area (Å²) < 4.78 is 1.37. The smallest absolute Gasteiger partial charge is 0.326 e. The van der Waals surface area contributed by atoms with Crippen LogP contribution >= 0.6 is 0 Å². The van der Waals surface area contributed by atoms with E-state index in [1.807, 2.05) is 6.07 Å². The molecule has 0 aliphatic rings. The van der Waals surface area contributed by atoms with Crippen LogP contribution in [0.5, 0.6) is 0 Å². The molecule has 20 heavy (non-hydrogen) atoms. The normalized spacial score (nSPS) is 9.75. The van der Waals surface area contributed by atoms with Crippen molar-refractivity contribution in [1.82, 2.24) is 9.55 Å². The summed E-state index contributed by atoms with van der Waals surface area (Å²) in [6.07, 6.45) is 3.15. The van der Waals surface area contributed by atoms with Gasteiger partial charge in [-0.1, -0.05) is 6.07 Å². The molecule has 0 atom stereocenters. The van der Waals surface area contributed by atoms with Crippen molar-refractivity contribution in [3.8, 4) is 6.07 Å². The Balaban J connectivity index is 1.95. The van der Waals surface area contributed by atoms with Gasteiger partial charge in [0, 0.05) is 31.0 Å². The van der Waals surface area contributed by atoms with E-state index in [2.05, 4.69) is 10.3 Å². The number of rotatable bonds is 4. The molecule has 0 radical (unpaired) electrons. The maximum atomic E-state index is 11.8. The van der Waals surface area contributed by atoms with Crippen molar-refractivity contribution in [3.05, 3.63) is 58.8 Å². The van der Waals surface area contributed by atoms with Gasteiger partial charge in [-0.25, -0.2) is 9.78 Å². The van der Waals surface area contributed by atoms with Crippen LogP contribution < -0.4 is 11.0 Å². The van der Waals surface area contributed by atoms with Crippen molar-refractivity contribution in [2.45, 2.75) is 13.0 Å². The number of aryl methyl sites for hydroxylation is 1. The average Bonchev–Trinajstić information content (AvgIpc) is 2.46. The number of hydrogen-bond acceptors (Lipinski definition) is 4. The molecular weight excluding hydrogens is 256 g/mol. The minimum absolute atomic E-state index is 0.155. The van der Waals surface area contributed by atoms with E-state index in [9.17, 15) is 9.59 Å². The average molecular weight is 268 g/mol. The highest BCUT2D eigenvalue weighted by Gasteiger charge is 2.04. The maximum Gasteiger partial charge on any atom is 0.347 e. The van der Waals surface area contributed by atoms with Crippen LogP contribution in [0.3, 0.4) is 0 Å². The molecule has 1 heterocycles. The van der Waals surface area contributed by atoms with Crippen LogP contribution in [0.25, 0.3) is 0 Å². The first-order chi connectivity index (χ1) is 9.69. The molecule has 2 rings (SSSR count). The van der Waals surface area contributed by atoms with E-state index in [4.69, 9.17) is 5.26 Å². The van der Waals surface area contributed by atoms with Crippen LogP contribution in [0.4, 0.5) is 5.69 Å². The third-order valence-corrected chi connectivity index (χ3v) is 2.64. The molecule has 1 N–H and O–H groups in total. The molecule has 1 aromatic carbocycles. The fourth-order valence-electron chi connectivity index (χ4n) is 1.67. The van der Waals surface area contributed by atoms with E-state index >= 15 is 0 Å². The van der Waals surface area contributed by atoms with Crippen LogP contribution in [0.1, 0.15) is 12.0 Å². The lowest BCUT2D eigenvalue weighted by Gasteiger charge is -2.06. The van der Waals surface area contributed by atoms with Gasteiger partial charge in [-0.15, -0.1) is 0 Å². The summed E-state index contributed by atoms with van der Waals surface area (Å²) >= 11 is 0. The second kappa shape index (κ2) is 6.29. The Morgan fingerprint density at radius 2 is 2.25 bits per heavy atom. The number of aromatic nitrogens is 2. The molecule has 0 bridgehead atoms. The number of benzene rings is 1. The quantitative estimate of drug-likeness (QED) is 0.900. The van der Waals surface area contributed by atoms with E-state index in [0.29, 0.717) is 11.3 Å². The predicted octanol–water partition coefficient (Wildman–Crippen LogP) is 1.14. The van der Waals surface area contributed by atoms with Gasteiger partial charge in [-0.3, -0.25) is 9.36 Å². The van der Waals surface area contributed by atoms with Crippen molar-refractivity contribution >= 4 is 11.6 Å². The lowest BCUT2D eigenvalue weighted by molar-refractivity contribution is -0.116. The largest absolute Gasteiger partial charge is 0.347 e. The Morgan fingerprint density at radius 3 is 3.00 bits per heavy atom. The third-order valence-electron chi connectivity index (χ3n) is 2.64. The van der Waals surface area contributed by atoms with Gasteiger partial charge >= 0.3 is 5.69 Å². The maximum absolute atomic E-state index is 11.8. The molecule has 0 saturated heterocycles. The highest BCUT2D eigenvalue weighted by Crippen LogP contribution is 2.10. The first kappa shape index (κ1) is 13.5. The Labute approximate surface area is 115 Å². The number of carbonyl (C=O) groups is 1.